The molecule has 1 N–H and O–H groups in total. The molecule has 1 aromatic heterocycles. The summed E-state index contributed by atoms with van der Waals surface area (Å²) in [5.74, 6) is 2.09. The zero-order valence-corrected chi connectivity index (χ0v) is 9.52. The highest BCUT2D eigenvalue weighted by atomic mass is 16.5. The van der Waals surface area contributed by atoms with Crippen LogP contribution in [0.1, 0.15) is 43.8 Å². The first-order valence-corrected chi connectivity index (χ1v) is 5.96. The lowest BCUT2D eigenvalue weighted by molar-refractivity contribution is -0.106. The van der Waals surface area contributed by atoms with E-state index in [1.54, 1.807) is 0 Å². The first-order chi connectivity index (χ1) is 7.68. The van der Waals surface area contributed by atoms with Crippen LogP contribution < -0.4 is 0 Å². The SMILES string of the molecule is CCC1(O)CN(Cc2nc(C3CC3)no2)C1. The Morgan fingerprint density at radius 1 is 1.50 bits per heavy atom. The summed E-state index contributed by atoms with van der Waals surface area (Å²) >= 11 is 0. The first-order valence-electron chi connectivity index (χ1n) is 5.96. The summed E-state index contributed by atoms with van der Waals surface area (Å²) in [6.07, 6.45) is 3.19. The average Bonchev–Trinajstić information content (AvgIpc) is 2.98. The maximum atomic E-state index is 9.86. The summed E-state index contributed by atoms with van der Waals surface area (Å²) in [6, 6.07) is 0. The fraction of sp³-hybridized carbons (Fsp3) is 0.818. The minimum atomic E-state index is -0.487. The Morgan fingerprint density at radius 2 is 2.25 bits per heavy atom. The Kier molecular flexibility index (Phi) is 2.26. The molecule has 1 saturated heterocycles. The Hall–Kier alpha value is -0.940. The van der Waals surface area contributed by atoms with Crippen LogP contribution in [-0.4, -0.2) is 38.8 Å². The molecule has 5 nitrogen and oxygen atoms in total. The van der Waals surface area contributed by atoms with Crippen LogP contribution in [0.2, 0.25) is 0 Å². The van der Waals surface area contributed by atoms with Crippen molar-refractivity contribution in [2.45, 2.75) is 44.2 Å². The van der Waals surface area contributed by atoms with E-state index in [9.17, 15) is 5.11 Å². The predicted molar refractivity (Wildman–Crippen MR) is 56.8 cm³/mol. The van der Waals surface area contributed by atoms with Crippen LogP contribution in [0.3, 0.4) is 0 Å². The highest BCUT2D eigenvalue weighted by molar-refractivity contribution is 5.04. The van der Waals surface area contributed by atoms with Crippen LogP contribution in [0.25, 0.3) is 0 Å². The number of nitrogens with zero attached hydrogens (tertiary/aromatic N) is 3. The van der Waals surface area contributed by atoms with Gasteiger partial charge in [0, 0.05) is 19.0 Å². The molecule has 1 aliphatic heterocycles. The predicted octanol–water partition coefficient (Wildman–Crippen LogP) is 0.904. The molecule has 3 rings (SSSR count). The number of hydrogen-bond donors (Lipinski definition) is 1. The molecule has 0 spiro atoms. The third kappa shape index (κ3) is 1.85. The van der Waals surface area contributed by atoms with E-state index in [1.807, 2.05) is 6.92 Å². The second-order valence-electron chi connectivity index (χ2n) is 5.04. The Labute approximate surface area is 94.4 Å². The molecule has 1 aromatic rings. The lowest BCUT2D eigenvalue weighted by atomic mass is 9.91. The van der Waals surface area contributed by atoms with Crippen LogP contribution in [0.4, 0.5) is 0 Å². The number of aromatic nitrogens is 2. The lowest BCUT2D eigenvalue weighted by Gasteiger charge is -2.45. The molecule has 0 atom stereocenters. The highest BCUT2D eigenvalue weighted by Gasteiger charge is 2.40. The van der Waals surface area contributed by atoms with Gasteiger partial charge in [0.15, 0.2) is 5.82 Å². The number of hydrogen-bond acceptors (Lipinski definition) is 5. The molecule has 1 aliphatic carbocycles. The summed E-state index contributed by atoms with van der Waals surface area (Å²) in [5.41, 5.74) is -0.487. The Morgan fingerprint density at radius 3 is 2.88 bits per heavy atom. The van der Waals surface area contributed by atoms with Gasteiger partial charge in [-0.25, -0.2) is 0 Å². The van der Waals surface area contributed by atoms with Gasteiger partial charge in [-0.2, -0.15) is 4.98 Å². The van der Waals surface area contributed by atoms with Crippen molar-refractivity contribution >= 4 is 0 Å². The van der Waals surface area contributed by atoms with Crippen molar-refractivity contribution in [1.29, 1.82) is 0 Å². The molecule has 0 amide bonds. The topological polar surface area (TPSA) is 62.4 Å². The monoisotopic (exact) mass is 223 g/mol. The minimum absolute atomic E-state index is 0.487. The second kappa shape index (κ2) is 3.53. The molecule has 0 unspecified atom stereocenters. The summed E-state index contributed by atoms with van der Waals surface area (Å²) < 4.78 is 5.19. The molecular weight excluding hydrogens is 206 g/mol. The van der Waals surface area contributed by atoms with Gasteiger partial charge in [0.2, 0.25) is 5.89 Å². The van der Waals surface area contributed by atoms with Crippen LogP contribution in [0.15, 0.2) is 4.52 Å². The second-order valence-corrected chi connectivity index (χ2v) is 5.04. The van der Waals surface area contributed by atoms with Crippen molar-refractivity contribution in [2.24, 2.45) is 0 Å². The molecule has 16 heavy (non-hydrogen) atoms. The zero-order valence-electron chi connectivity index (χ0n) is 9.52. The molecule has 0 aromatic carbocycles. The van der Waals surface area contributed by atoms with Gasteiger partial charge in [0.05, 0.1) is 12.1 Å². The van der Waals surface area contributed by atoms with E-state index in [2.05, 4.69) is 15.0 Å². The maximum absolute atomic E-state index is 9.86. The van der Waals surface area contributed by atoms with Crippen molar-refractivity contribution in [3.63, 3.8) is 0 Å². The smallest absolute Gasteiger partial charge is 0.240 e. The van der Waals surface area contributed by atoms with E-state index in [-0.39, 0.29) is 0 Å². The Balaban J connectivity index is 1.55. The van der Waals surface area contributed by atoms with Crippen molar-refractivity contribution in [2.75, 3.05) is 13.1 Å². The average molecular weight is 223 g/mol. The fourth-order valence-electron chi connectivity index (χ4n) is 2.15. The van der Waals surface area contributed by atoms with Gasteiger partial charge < -0.3 is 9.63 Å². The van der Waals surface area contributed by atoms with E-state index in [0.29, 0.717) is 31.4 Å². The quantitative estimate of drug-likeness (QED) is 0.821. The van der Waals surface area contributed by atoms with Gasteiger partial charge in [-0.3, -0.25) is 4.90 Å². The van der Waals surface area contributed by atoms with Gasteiger partial charge in [0.25, 0.3) is 0 Å². The number of β-amino-alcohol motifs (C(OH)–C–C–N with tert-alkyl or cyclic N) is 1. The van der Waals surface area contributed by atoms with Crippen LogP contribution in [0.5, 0.6) is 0 Å². The van der Waals surface area contributed by atoms with Crippen molar-refractivity contribution in [3.8, 4) is 0 Å². The lowest BCUT2D eigenvalue weighted by Crippen LogP contribution is -2.60. The third-order valence-electron chi connectivity index (χ3n) is 3.48. The number of rotatable bonds is 4. The molecule has 1 saturated carbocycles. The zero-order chi connectivity index (χ0) is 11.2. The van der Waals surface area contributed by atoms with E-state index < -0.39 is 5.60 Å². The van der Waals surface area contributed by atoms with E-state index >= 15 is 0 Å². The molecule has 88 valence electrons. The van der Waals surface area contributed by atoms with Gasteiger partial charge in [-0.1, -0.05) is 12.1 Å². The summed E-state index contributed by atoms with van der Waals surface area (Å²) in [5, 5.41) is 13.8. The molecule has 5 heteroatoms. The summed E-state index contributed by atoms with van der Waals surface area (Å²) in [6.45, 7) is 4.10. The number of likely N-dealkylation sites (tertiary alicyclic amines) is 1. The maximum Gasteiger partial charge on any atom is 0.240 e. The van der Waals surface area contributed by atoms with Gasteiger partial charge >= 0.3 is 0 Å². The van der Waals surface area contributed by atoms with Gasteiger partial charge in [-0.05, 0) is 19.3 Å². The molecule has 0 radical (unpaired) electrons. The van der Waals surface area contributed by atoms with E-state index in [4.69, 9.17) is 4.52 Å². The van der Waals surface area contributed by atoms with Crippen LogP contribution in [-0.2, 0) is 6.54 Å². The standard InChI is InChI=1S/C11H17N3O2/c1-2-11(15)6-14(7-11)5-9-12-10(13-16-9)8-3-4-8/h8,15H,2-7H2,1H3. The molecule has 2 heterocycles. The molecule has 2 fully saturated rings. The van der Waals surface area contributed by atoms with Crippen LogP contribution >= 0.6 is 0 Å². The highest BCUT2D eigenvalue weighted by Crippen LogP contribution is 2.38. The minimum Gasteiger partial charge on any atom is -0.387 e. The normalized spacial score (nSPS) is 24.4. The van der Waals surface area contributed by atoms with Crippen LogP contribution in [0, 0.1) is 0 Å². The van der Waals surface area contributed by atoms with Gasteiger partial charge in [-0.15, -0.1) is 0 Å². The number of aliphatic hydroxyl groups is 1. The van der Waals surface area contributed by atoms with Gasteiger partial charge in [0.1, 0.15) is 0 Å². The van der Waals surface area contributed by atoms with Crippen molar-refractivity contribution < 1.29 is 9.63 Å². The summed E-state index contributed by atoms with van der Waals surface area (Å²) in [7, 11) is 0. The summed E-state index contributed by atoms with van der Waals surface area (Å²) in [4.78, 5) is 6.50. The van der Waals surface area contributed by atoms with Crippen molar-refractivity contribution in [3.05, 3.63) is 11.7 Å². The largest absolute Gasteiger partial charge is 0.387 e. The van der Waals surface area contributed by atoms with E-state index in [0.717, 1.165) is 12.2 Å². The van der Waals surface area contributed by atoms with E-state index in [1.165, 1.54) is 12.8 Å². The fourth-order valence-corrected chi connectivity index (χ4v) is 2.15. The Bertz CT molecular complexity index is 380. The molecular formula is C11H17N3O2. The molecule has 2 aliphatic rings. The molecule has 0 bridgehead atoms. The first kappa shape index (κ1) is 10.2. The van der Waals surface area contributed by atoms with Crippen molar-refractivity contribution in [1.82, 2.24) is 15.0 Å². The third-order valence-corrected chi connectivity index (χ3v) is 3.48.